The molecular weight excluding hydrogens is 385 g/mol. The van der Waals surface area contributed by atoms with Gasteiger partial charge in [-0.05, 0) is 61.5 Å². The van der Waals surface area contributed by atoms with Gasteiger partial charge in [0, 0.05) is 11.1 Å². The molecule has 0 radical (unpaired) electrons. The van der Waals surface area contributed by atoms with E-state index in [2.05, 4.69) is 37.9 Å². The molecule has 0 saturated heterocycles. The van der Waals surface area contributed by atoms with Crippen molar-refractivity contribution in [2.75, 3.05) is 0 Å². The first kappa shape index (κ1) is 13.6. The Morgan fingerprint density at radius 2 is 2.00 bits per heavy atom. The Bertz CT molecular complexity index is 527. The predicted molar refractivity (Wildman–Crippen MR) is 81.8 cm³/mol. The van der Waals surface area contributed by atoms with Gasteiger partial charge in [0.1, 0.15) is 0 Å². The fourth-order valence-electron chi connectivity index (χ4n) is 1.62. The van der Waals surface area contributed by atoms with Crippen molar-refractivity contribution < 1.29 is 0 Å². The summed E-state index contributed by atoms with van der Waals surface area (Å²) in [6.07, 6.45) is 0.738. The van der Waals surface area contributed by atoms with Crippen molar-refractivity contribution in [3.05, 3.63) is 54.1 Å². The lowest BCUT2D eigenvalue weighted by atomic mass is 10.0. The molecule has 1 aromatic carbocycles. The standard InChI is InChI=1S/C12H10Br2ClNS/c13-11-6-8(12(14)17-11)10(16)5-7-3-1-2-4-9(7)15/h1-4,6,10H,5,16H2. The van der Waals surface area contributed by atoms with Crippen molar-refractivity contribution in [3.8, 4) is 0 Å². The van der Waals surface area contributed by atoms with E-state index in [-0.39, 0.29) is 6.04 Å². The Hall–Kier alpha value is 0.130. The number of benzene rings is 1. The summed E-state index contributed by atoms with van der Waals surface area (Å²) < 4.78 is 2.15. The molecule has 0 saturated carbocycles. The highest BCUT2D eigenvalue weighted by atomic mass is 79.9. The zero-order valence-electron chi connectivity index (χ0n) is 8.79. The van der Waals surface area contributed by atoms with E-state index in [1.54, 1.807) is 11.3 Å². The molecule has 2 aromatic rings. The summed E-state index contributed by atoms with van der Waals surface area (Å²) in [7, 11) is 0. The molecule has 1 aromatic heterocycles. The highest BCUT2D eigenvalue weighted by Crippen LogP contribution is 2.36. The van der Waals surface area contributed by atoms with Crippen molar-refractivity contribution >= 4 is 54.8 Å². The summed E-state index contributed by atoms with van der Waals surface area (Å²) in [5.74, 6) is 0. The minimum Gasteiger partial charge on any atom is -0.324 e. The van der Waals surface area contributed by atoms with Crippen LogP contribution in [0.3, 0.4) is 0 Å². The Balaban J connectivity index is 2.20. The maximum Gasteiger partial charge on any atom is 0.0758 e. The van der Waals surface area contributed by atoms with Gasteiger partial charge in [-0.1, -0.05) is 29.8 Å². The average molecular weight is 396 g/mol. The Labute approximate surface area is 126 Å². The number of hydrogen-bond acceptors (Lipinski definition) is 2. The maximum atomic E-state index is 6.21. The lowest BCUT2D eigenvalue weighted by Crippen LogP contribution is -2.13. The third-order valence-corrected chi connectivity index (χ3v) is 5.23. The molecule has 0 aliphatic heterocycles. The van der Waals surface area contributed by atoms with Gasteiger partial charge in [0.15, 0.2) is 0 Å². The predicted octanol–water partition coefficient (Wildman–Crippen LogP) is 5.17. The Morgan fingerprint density at radius 1 is 1.29 bits per heavy atom. The van der Waals surface area contributed by atoms with E-state index in [9.17, 15) is 0 Å². The van der Waals surface area contributed by atoms with Crippen LogP contribution >= 0.6 is 54.8 Å². The normalized spacial score (nSPS) is 12.7. The fraction of sp³-hybridized carbons (Fsp3) is 0.167. The molecule has 1 atom stereocenters. The van der Waals surface area contributed by atoms with Gasteiger partial charge >= 0.3 is 0 Å². The van der Waals surface area contributed by atoms with E-state index in [1.807, 2.05) is 24.3 Å². The molecule has 0 spiro atoms. The van der Waals surface area contributed by atoms with E-state index < -0.39 is 0 Å². The number of thiophene rings is 1. The molecule has 0 bridgehead atoms. The molecule has 17 heavy (non-hydrogen) atoms. The first-order valence-corrected chi connectivity index (χ1v) is 7.79. The number of hydrogen-bond donors (Lipinski definition) is 1. The molecule has 1 unspecified atom stereocenters. The first-order valence-electron chi connectivity index (χ1n) is 5.01. The monoisotopic (exact) mass is 393 g/mol. The van der Waals surface area contributed by atoms with E-state index in [0.29, 0.717) is 0 Å². The fourth-order valence-corrected chi connectivity index (χ4v) is 4.83. The lowest BCUT2D eigenvalue weighted by Gasteiger charge is -2.12. The van der Waals surface area contributed by atoms with E-state index in [1.165, 1.54) is 0 Å². The van der Waals surface area contributed by atoms with Crippen LogP contribution in [0.5, 0.6) is 0 Å². The van der Waals surface area contributed by atoms with Crippen molar-refractivity contribution in [1.82, 2.24) is 0 Å². The molecule has 0 aliphatic carbocycles. The van der Waals surface area contributed by atoms with E-state index in [0.717, 1.165) is 30.1 Å². The smallest absolute Gasteiger partial charge is 0.0758 e. The third kappa shape index (κ3) is 3.32. The zero-order chi connectivity index (χ0) is 12.4. The van der Waals surface area contributed by atoms with Crippen LogP contribution in [-0.4, -0.2) is 0 Å². The Kier molecular flexibility index (Phi) is 4.66. The third-order valence-electron chi connectivity index (χ3n) is 2.48. The van der Waals surface area contributed by atoms with Crippen LogP contribution in [0.2, 0.25) is 5.02 Å². The van der Waals surface area contributed by atoms with Crippen molar-refractivity contribution in [2.45, 2.75) is 12.5 Å². The highest BCUT2D eigenvalue weighted by molar-refractivity contribution is 9.12. The van der Waals surface area contributed by atoms with Gasteiger partial charge in [-0.2, -0.15) is 0 Å². The summed E-state index contributed by atoms with van der Waals surface area (Å²) in [5, 5.41) is 0.772. The quantitative estimate of drug-likeness (QED) is 0.762. The molecule has 2 N–H and O–H groups in total. The van der Waals surface area contributed by atoms with Crippen LogP contribution in [-0.2, 0) is 6.42 Å². The molecule has 1 heterocycles. The average Bonchev–Trinajstić information content (AvgIpc) is 2.61. The van der Waals surface area contributed by atoms with Gasteiger partial charge in [0.05, 0.1) is 7.57 Å². The molecule has 90 valence electrons. The van der Waals surface area contributed by atoms with Gasteiger partial charge < -0.3 is 5.73 Å². The van der Waals surface area contributed by atoms with Crippen LogP contribution in [0.1, 0.15) is 17.2 Å². The number of halogens is 3. The minimum atomic E-state index is -0.0492. The molecule has 1 nitrogen and oxygen atoms in total. The highest BCUT2D eigenvalue weighted by Gasteiger charge is 2.14. The number of nitrogens with two attached hydrogens (primary N) is 1. The Morgan fingerprint density at radius 3 is 2.59 bits per heavy atom. The van der Waals surface area contributed by atoms with Crippen LogP contribution < -0.4 is 5.73 Å². The second-order valence-electron chi connectivity index (χ2n) is 3.68. The minimum absolute atomic E-state index is 0.0492. The maximum absolute atomic E-state index is 6.21. The van der Waals surface area contributed by atoms with Crippen molar-refractivity contribution in [2.24, 2.45) is 5.73 Å². The summed E-state index contributed by atoms with van der Waals surface area (Å²) in [6.45, 7) is 0. The summed E-state index contributed by atoms with van der Waals surface area (Å²) in [5.41, 5.74) is 8.40. The molecular formula is C12H10Br2ClNS. The molecule has 2 rings (SSSR count). The van der Waals surface area contributed by atoms with Crippen molar-refractivity contribution in [1.29, 1.82) is 0 Å². The van der Waals surface area contributed by atoms with Gasteiger partial charge in [-0.25, -0.2) is 0 Å². The van der Waals surface area contributed by atoms with Gasteiger partial charge in [0.2, 0.25) is 0 Å². The van der Waals surface area contributed by atoms with Crippen LogP contribution in [0.4, 0.5) is 0 Å². The van der Waals surface area contributed by atoms with Crippen molar-refractivity contribution in [3.63, 3.8) is 0 Å². The topological polar surface area (TPSA) is 26.0 Å². The van der Waals surface area contributed by atoms with Gasteiger partial charge in [-0.3, -0.25) is 0 Å². The summed E-state index contributed by atoms with van der Waals surface area (Å²) in [6, 6.07) is 9.81. The van der Waals surface area contributed by atoms with E-state index >= 15 is 0 Å². The molecule has 0 amide bonds. The SMILES string of the molecule is NC(Cc1ccccc1Cl)c1cc(Br)sc1Br. The summed E-state index contributed by atoms with van der Waals surface area (Å²) >= 11 is 14.7. The molecule has 0 fully saturated rings. The van der Waals surface area contributed by atoms with Gasteiger partial charge in [-0.15, -0.1) is 11.3 Å². The van der Waals surface area contributed by atoms with Crippen LogP contribution in [0.25, 0.3) is 0 Å². The second-order valence-corrected chi connectivity index (χ2v) is 7.84. The van der Waals surface area contributed by atoms with E-state index in [4.69, 9.17) is 17.3 Å². The summed E-state index contributed by atoms with van der Waals surface area (Å²) in [4.78, 5) is 0. The lowest BCUT2D eigenvalue weighted by molar-refractivity contribution is 0.722. The number of rotatable bonds is 3. The zero-order valence-corrected chi connectivity index (χ0v) is 13.5. The first-order chi connectivity index (χ1) is 8.08. The second kappa shape index (κ2) is 5.85. The van der Waals surface area contributed by atoms with Crippen LogP contribution in [0.15, 0.2) is 37.9 Å². The molecule has 0 aliphatic rings. The van der Waals surface area contributed by atoms with Gasteiger partial charge in [0.25, 0.3) is 0 Å². The largest absolute Gasteiger partial charge is 0.324 e. The van der Waals surface area contributed by atoms with Crippen LogP contribution in [0, 0.1) is 0 Å². The molecule has 5 heteroatoms.